The summed E-state index contributed by atoms with van der Waals surface area (Å²) in [6, 6.07) is 0.308. The second-order valence-corrected chi connectivity index (χ2v) is 6.81. The second-order valence-electron chi connectivity index (χ2n) is 5.81. The first-order valence-corrected chi connectivity index (χ1v) is 7.12. The molecule has 19 heavy (non-hydrogen) atoms. The van der Waals surface area contributed by atoms with Crippen LogP contribution in [0.1, 0.15) is 60.2 Å². The Bertz CT molecular complexity index is 490. The molecule has 0 spiro atoms. The average molecular weight is 282 g/mol. The number of hydrogen-bond donors (Lipinski definition) is 2. The zero-order valence-corrected chi connectivity index (χ0v) is 12.1. The van der Waals surface area contributed by atoms with Gasteiger partial charge in [0.05, 0.1) is 0 Å². The highest BCUT2D eigenvalue weighted by molar-refractivity contribution is 7.17. The van der Waals surface area contributed by atoms with Crippen LogP contribution >= 0.6 is 11.3 Å². The van der Waals surface area contributed by atoms with Gasteiger partial charge in [-0.3, -0.25) is 4.79 Å². The predicted octanol–water partition coefficient (Wildman–Crippen LogP) is 3.03. The first kappa shape index (κ1) is 14.0. The number of carbonyl (C=O) groups excluding carboxylic acids is 1. The van der Waals surface area contributed by atoms with Crippen molar-refractivity contribution in [2.24, 2.45) is 5.41 Å². The standard InChI is InChI=1S/C13H18N2O3S/c1-7(16)10-9(11(17)18)15-12(19-10)14-8-4-5-13(2,3)6-8/h8H,4-6H2,1-3H3,(H,14,15)(H,17,18). The van der Waals surface area contributed by atoms with Gasteiger partial charge in [0.15, 0.2) is 16.6 Å². The van der Waals surface area contributed by atoms with Crippen molar-refractivity contribution in [2.45, 2.75) is 46.1 Å². The number of carboxylic acids is 1. The number of hydrogen-bond acceptors (Lipinski definition) is 5. The summed E-state index contributed by atoms with van der Waals surface area (Å²) in [7, 11) is 0. The number of carboxylic acid groups (broad SMARTS) is 1. The molecule has 1 fully saturated rings. The molecule has 0 amide bonds. The Morgan fingerprint density at radius 1 is 1.47 bits per heavy atom. The van der Waals surface area contributed by atoms with Crippen LogP contribution in [0.2, 0.25) is 0 Å². The second kappa shape index (κ2) is 4.92. The summed E-state index contributed by atoms with van der Waals surface area (Å²) in [5.74, 6) is -1.41. The fourth-order valence-electron chi connectivity index (χ4n) is 2.50. The van der Waals surface area contributed by atoms with E-state index < -0.39 is 5.97 Å². The van der Waals surface area contributed by atoms with Gasteiger partial charge in [0.25, 0.3) is 0 Å². The number of carbonyl (C=O) groups is 2. The topological polar surface area (TPSA) is 79.3 Å². The Morgan fingerprint density at radius 3 is 2.58 bits per heavy atom. The number of thiazole rings is 1. The van der Waals surface area contributed by atoms with E-state index in [-0.39, 0.29) is 16.4 Å². The monoisotopic (exact) mass is 282 g/mol. The highest BCUT2D eigenvalue weighted by Crippen LogP contribution is 2.38. The van der Waals surface area contributed by atoms with E-state index in [1.54, 1.807) is 0 Å². The van der Waals surface area contributed by atoms with E-state index in [4.69, 9.17) is 5.11 Å². The van der Waals surface area contributed by atoms with Crippen LogP contribution < -0.4 is 5.32 Å². The third kappa shape index (κ3) is 3.12. The number of anilines is 1. The number of nitrogens with one attached hydrogen (secondary N) is 1. The number of aromatic carboxylic acids is 1. The quantitative estimate of drug-likeness (QED) is 0.830. The van der Waals surface area contributed by atoms with Crippen LogP contribution in [0.3, 0.4) is 0 Å². The third-order valence-electron chi connectivity index (χ3n) is 3.45. The molecule has 0 radical (unpaired) electrons. The highest BCUT2D eigenvalue weighted by Gasteiger charge is 2.31. The maximum Gasteiger partial charge on any atom is 0.356 e. The first-order chi connectivity index (χ1) is 8.78. The van der Waals surface area contributed by atoms with Gasteiger partial charge in [0.2, 0.25) is 0 Å². The lowest BCUT2D eigenvalue weighted by Crippen LogP contribution is -2.17. The summed E-state index contributed by atoms with van der Waals surface area (Å²) in [6.45, 7) is 5.81. The summed E-state index contributed by atoms with van der Waals surface area (Å²) >= 11 is 1.13. The Morgan fingerprint density at radius 2 is 2.16 bits per heavy atom. The molecule has 6 heteroatoms. The molecular weight excluding hydrogens is 264 g/mol. The lowest BCUT2D eigenvalue weighted by molar-refractivity contribution is 0.0687. The summed E-state index contributed by atoms with van der Waals surface area (Å²) in [4.78, 5) is 26.7. The van der Waals surface area contributed by atoms with E-state index in [0.29, 0.717) is 16.6 Å². The Labute approximate surface area is 116 Å². The zero-order valence-electron chi connectivity index (χ0n) is 11.3. The highest BCUT2D eigenvalue weighted by atomic mass is 32.1. The van der Waals surface area contributed by atoms with E-state index in [2.05, 4.69) is 24.1 Å². The third-order valence-corrected chi connectivity index (χ3v) is 4.53. The molecule has 2 N–H and O–H groups in total. The van der Waals surface area contributed by atoms with E-state index in [0.717, 1.165) is 30.6 Å². The lowest BCUT2D eigenvalue weighted by Gasteiger charge is -2.17. The molecule has 1 atom stereocenters. The molecule has 1 unspecified atom stereocenters. The Kier molecular flexibility index (Phi) is 3.62. The average Bonchev–Trinajstić information content (AvgIpc) is 2.83. The van der Waals surface area contributed by atoms with Crippen molar-refractivity contribution >= 4 is 28.2 Å². The van der Waals surface area contributed by atoms with Crippen molar-refractivity contribution in [2.75, 3.05) is 5.32 Å². The number of ketones is 1. The number of nitrogens with zero attached hydrogens (tertiary/aromatic N) is 1. The van der Waals surface area contributed by atoms with Crippen molar-refractivity contribution in [1.29, 1.82) is 0 Å². The molecule has 0 aliphatic heterocycles. The van der Waals surface area contributed by atoms with Crippen LogP contribution in [-0.4, -0.2) is 27.9 Å². The Hall–Kier alpha value is -1.43. The molecule has 1 aliphatic rings. The largest absolute Gasteiger partial charge is 0.476 e. The van der Waals surface area contributed by atoms with Crippen molar-refractivity contribution in [3.8, 4) is 0 Å². The lowest BCUT2D eigenvalue weighted by atomic mass is 9.92. The zero-order chi connectivity index (χ0) is 14.2. The van der Waals surface area contributed by atoms with Crippen molar-refractivity contribution in [1.82, 2.24) is 4.98 Å². The molecule has 0 aromatic carbocycles. The number of Topliss-reactive ketones (excluding diaryl/α,β-unsaturated/α-hetero) is 1. The molecule has 1 aromatic heterocycles. The van der Waals surface area contributed by atoms with Crippen LogP contribution in [0.4, 0.5) is 5.13 Å². The normalized spacial score (nSPS) is 21.3. The maximum atomic E-state index is 11.4. The van der Waals surface area contributed by atoms with Gasteiger partial charge < -0.3 is 10.4 Å². The van der Waals surface area contributed by atoms with Gasteiger partial charge in [-0.2, -0.15) is 0 Å². The predicted molar refractivity (Wildman–Crippen MR) is 74.1 cm³/mol. The summed E-state index contributed by atoms with van der Waals surface area (Å²) < 4.78 is 0. The van der Waals surface area contributed by atoms with Gasteiger partial charge in [-0.05, 0) is 24.7 Å². The van der Waals surface area contributed by atoms with Gasteiger partial charge in [-0.15, -0.1) is 0 Å². The molecular formula is C13H18N2O3S. The van der Waals surface area contributed by atoms with E-state index in [1.807, 2.05) is 0 Å². The molecule has 0 bridgehead atoms. The van der Waals surface area contributed by atoms with Gasteiger partial charge in [-0.1, -0.05) is 25.2 Å². The molecule has 1 heterocycles. The van der Waals surface area contributed by atoms with E-state index in [1.165, 1.54) is 6.92 Å². The van der Waals surface area contributed by atoms with Gasteiger partial charge in [-0.25, -0.2) is 9.78 Å². The number of rotatable bonds is 4. The molecule has 5 nitrogen and oxygen atoms in total. The minimum atomic E-state index is -1.15. The molecule has 104 valence electrons. The van der Waals surface area contributed by atoms with E-state index >= 15 is 0 Å². The Balaban J connectivity index is 2.16. The maximum absolute atomic E-state index is 11.4. The van der Waals surface area contributed by atoms with Crippen molar-refractivity contribution in [3.63, 3.8) is 0 Å². The minimum Gasteiger partial charge on any atom is -0.476 e. The smallest absolute Gasteiger partial charge is 0.356 e. The van der Waals surface area contributed by atoms with Crippen LogP contribution in [0.15, 0.2) is 0 Å². The summed E-state index contributed by atoms with van der Waals surface area (Å²) in [5, 5.41) is 12.8. The molecule has 0 saturated heterocycles. The summed E-state index contributed by atoms with van der Waals surface area (Å²) in [6.07, 6.45) is 3.22. The van der Waals surface area contributed by atoms with Crippen molar-refractivity contribution < 1.29 is 14.7 Å². The van der Waals surface area contributed by atoms with Crippen LogP contribution in [-0.2, 0) is 0 Å². The van der Waals surface area contributed by atoms with Crippen LogP contribution in [0, 0.1) is 5.41 Å². The fraction of sp³-hybridized carbons (Fsp3) is 0.615. The minimum absolute atomic E-state index is 0.141. The summed E-state index contributed by atoms with van der Waals surface area (Å²) in [5.41, 5.74) is 0.172. The molecule has 1 aliphatic carbocycles. The first-order valence-electron chi connectivity index (χ1n) is 6.30. The SMILES string of the molecule is CC(=O)c1sc(NC2CCC(C)(C)C2)nc1C(=O)O. The van der Waals surface area contributed by atoms with E-state index in [9.17, 15) is 9.59 Å². The van der Waals surface area contributed by atoms with Gasteiger partial charge >= 0.3 is 5.97 Å². The fourth-order valence-corrected chi connectivity index (χ4v) is 3.43. The molecule has 1 saturated carbocycles. The number of aromatic nitrogens is 1. The van der Waals surface area contributed by atoms with Gasteiger partial charge in [0.1, 0.15) is 4.88 Å². The van der Waals surface area contributed by atoms with Crippen LogP contribution in [0.5, 0.6) is 0 Å². The molecule has 2 rings (SSSR count). The van der Waals surface area contributed by atoms with Crippen LogP contribution in [0.25, 0.3) is 0 Å². The molecule has 1 aromatic rings. The van der Waals surface area contributed by atoms with Crippen molar-refractivity contribution in [3.05, 3.63) is 10.6 Å². The van der Waals surface area contributed by atoms with Gasteiger partial charge in [0, 0.05) is 13.0 Å².